The summed E-state index contributed by atoms with van der Waals surface area (Å²) in [6.45, 7) is -3.01. The SMILES string of the molecule is O=C(Nc1cc(Cl)cc(Br)c1OC(F)F)OCc1ccccc1. The molecule has 0 fully saturated rings. The molecule has 0 bridgehead atoms. The van der Waals surface area contributed by atoms with Crippen LogP contribution in [0.5, 0.6) is 5.75 Å². The summed E-state index contributed by atoms with van der Waals surface area (Å²) in [5, 5.41) is 2.57. The minimum Gasteiger partial charge on any atom is -0.444 e. The Bertz CT molecular complexity index is 686. The van der Waals surface area contributed by atoms with Gasteiger partial charge in [0.1, 0.15) is 6.61 Å². The first kappa shape index (κ1) is 17.5. The van der Waals surface area contributed by atoms with E-state index in [4.69, 9.17) is 16.3 Å². The summed E-state index contributed by atoms with van der Waals surface area (Å²) < 4.78 is 34.5. The molecule has 0 aliphatic heterocycles. The highest BCUT2D eigenvalue weighted by atomic mass is 79.9. The molecule has 0 heterocycles. The monoisotopic (exact) mass is 405 g/mol. The Hall–Kier alpha value is -1.86. The average molecular weight is 407 g/mol. The standard InChI is InChI=1S/C15H11BrClF2NO3/c16-11-6-10(17)7-12(13(11)23-14(18)19)20-15(21)22-8-9-4-2-1-3-5-9/h1-7,14H,8H2,(H,20,21). The topological polar surface area (TPSA) is 47.6 Å². The Morgan fingerprint density at radius 3 is 2.61 bits per heavy atom. The number of anilines is 1. The van der Waals surface area contributed by atoms with Crippen molar-refractivity contribution in [3.05, 3.63) is 57.5 Å². The minimum atomic E-state index is -3.05. The van der Waals surface area contributed by atoms with Gasteiger partial charge in [0.15, 0.2) is 5.75 Å². The van der Waals surface area contributed by atoms with E-state index in [-0.39, 0.29) is 27.5 Å². The van der Waals surface area contributed by atoms with Crippen molar-refractivity contribution in [2.24, 2.45) is 0 Å². The number of amides is 1. The number of carbonyl (C=O) groups is 1. The van der Waals surface area contributed by atoms with E-state index in [1.54, 1.807) is 24.3 Å². The molecule has 4 nitrogen and oxygen atoms in total. The van der Waals surface area contributed by atoms with E-state index in [0.29, 0.717) is 0 Å². The quantitative estimate of drug-likeness (QED) is 0.718. The summed E-state index contributed by atoms with van der Waals surface area (Å²) in [7, 11) is 0. The highest BCUT2D eigenvalue weighted by molar-refractivity contribution is 9.10. The Balaban J connectivity index is 2.07. The summed E-state index contributed by atoms with van der Waals surface area (Å²) in [5.74, 6) is -0.235. The Morgan fingerprint density at radius 2 is 1.96 bits per heavy atom. The van der Waals surface area contributed by atoms with Gasteiger partial charge in [0.25, 0.3) is 0 Å². The molecule has 0 radical (unpaired) electrons. The smallest absolute Gasteiger partial charge is 0.412 e. The van der Waals surface area contributed by atoms with Crippen LogP contribution in [0.15, 0.2) is 46.9 Å². The lowest BCUT2D eigenvalue weighted by atomic mass is 10.2. The number of ether oxygens (including phenoxy) is 2. The molecule has 23 heavy (non-hydrogen) atoms. The molecule has 0 aromatic heterocycles. The maximum Gasteiger partial charge on any atom is 0.412 e. The van der Waals surface area contributed by atoms with Gasteiger partial charge in [-0.25, -0.2) is 4.79 Å². The lowest BCUT2D eigenvalue weighted by molar-refractivity contribution is -0.0498. The summed E-state index contributed by atoms with van der Waals surface area (Å²) in [5.41, 5.74) is 0.765. The minimum absolute atomic E-state index is 0.0252. The first-order valence-corrected chi connectivity index (χ1v) is 7.54. The fraction of sp³-hybridized carbons (Fsp3) is 0.133. The number of hydrogen-bond donors (Lipinski definition) is 1. The predicted octanol–water partition coefficient (Wildman–Crippen LogP) is 5.45. The van der Waals surface area contributed by atoms with Crippen molar-refractivity contribution in [1.29, 1.82) is 0 Å². The van der Waals surface area contributed by atoms with Crippen LogP contribution in [-0.4, -0.2) is 12.7 Å². The fourth-order valence-corrected chi connectivity index (χ4v) is 2.63. The van der Waals surface area contributed by atoms with Crippen LogP contribution in [0.3, 0.4) is 0 Å². The van der Waals surface area contributed by atoms with Gasteiger partial charge in [-0.3, -0.25) is 5.32 Å². The van der Waals surface area contributed by atoms with Gasteiger partial charge < -0.3 is 9.47 Å². The fourth-order valence-electron chi connectivity index (χ4n) is 1.73. The summed E-state index contributed by atoms with van der Waals surface area (Å²) in [6, 6.07) is 11.7. The van der Waals surface area contributed by atoms with Crippen LogP contribution in [-0.2, 0) is 11.3 Å². The molecule has 0 aliphatic carbocycles. The van der Waals surface area contributed by atoms with E-state index >= 15 is 0 Å². The molecule has 0 saturated carbocycles. The summed E-state index contributed by atoms with van der Waals surface area (Å²) in [6.07, 6.45) is -0.817. The zero-order chi connectivity index (χ0) is 16.8. The Labute approximate surface area is 144 Å². The number of halogens is 4. The van der Waals surface area contributed by atoms with E-state index in [1.807, 2.05) is 6.07 Å². The molecular formula is C15H11BrClF2NO3. The van der Waals surface area contributed by atoms with Crippen LogP contribution in [0, 0.1) is 0 Å². The third-order valence-corrected chi connectivity index (χ3v) is 3.47. The number of nitrogens with one attached hydrogen (secondary N) is 1. The third kappa shape index (κ3) is 5.37. The normalized spacial score (nSPS) is 10.5. The molecular weight excluding hydrogens is 396 g/mol. The lowest BCUT2D eigenvalue weighted by Crippen LogP contribution is -2.15. The molecule has 0 saturated heterocycles. The van der Waals surface area contributed by atoms with Crippen molar-refractivity contribution in [2.75, 3.05) is 5.32 Å². The van der Waals surface area contributed by atoms with Crippen molar-refractivity contribution < 1.29 is 23.0 Å². The van der Waals surface area contributed by atoms with Crippen molar-refractivity contribution in [3.8, 4) is 5.75 Å². The van der Waals surface area contributed by atoms with Crippen LogP contribution < -0.4 is 10.1 Å². The molecule has 2 aromatic carbocycles. The molecule has 1 N–H and O–H groups in total. The number of hydrogen-bond acceptors (Lipinski definition) is 3. The van der Waals surface area contributed by atoms with Gasteiger partial charge in [-0.1, -0.05) is 41.9 Å². The second-order valence-corrected chi connectivity index (χ2v) is 5.62. The second kappa shape index (κ2) is 8.12. The van der Waals surface area contributed by atoms with Crippen molar-refractivity contribution in [3.63, 3.8) is 0 Å². The predicted molar refractivity (Wildman–Crippen MR) is 86.0 cm³/mol. The molecule has 8 heteroatoms. The van der Waals surface area contributed by atoms with Gasteiger partial charge in [0, 0.05) is 5.02 Å². The largest absolute Gasteiger partial charge is 0.444 e. The number of benzene rings is 2. The van der Waals surface area contributed by atoms with Crippen LogP contribution in [0.25, 0.3) is 0 Å². The summed E-state index contributed by atoms with van der Waals surface area (Å²) >= 11 is 8.91. The Kier molecular flexibility index (Phi) is 6.18. The molecule has 122 valence electrons. The van der Waals surface area contributed by atoms with E-state index in [2.05, 4.69) is 26.0 Å². The second-order valence-electron chi connectivity index (χ2n) is 4.33. The van der Waals surface area contributed by atoms with Crippen LogP contribution in [0.4, 0.5) is 19.3 Å². The highest BCUT2D eigenvalue weighted by Gasteiger charge is 2.17. The lowest BCUT2D eigenvalue weighted by Gasteiger charge is -2.14. The van der Waals surface area contributed by atoms with Crippen molar-refractivity contribution in [1.82, 2.24) is 0 Å². The molecule has 0 spiro atoms. The van der Waals surface area contributed by atoms with Crippen LogP contribution >= 0.6 is 27.5 Å². The highest BCUT2D eigenvalue weighted by Crippen LogP contribution is 2.37. The molecule has 1 amide bonds. The van der Waals surface area contributed by atoms with Gasteiger partial charge >= 0.3 is 12.7 Å². The first-order chi connectivity index (χ1) is 11.0. The van der Waals surface area contributed by atoms with Crippen molar-refractivity contribution in [2.45, 2.75) is 13.2 Å². The Morgan fingerprint density at radius 1 is 1.26 bits per heavy atom. The van der Waals surface area contributed by atoms with E-state index in [1.165, 1.54) is 12.1 Å². The molecule has 0 aliphatic rings. The number of rotatable bonds is 5. The number of alkyl halides is 2. The first-order valence-electron chi connectivity index (χ1n) is 6.37. The van der Waals surface area contributed by atoms with Crippen LogP contribution in [0.2, 0.25) is 5.02 Å². The number of carbonyl (C=O) groups excluding carboxylic acids is 1. The van der Waals surface area contributed by atoms with E-state index in [9.17, 15) is 13.6 Å². The third-order valence-electron chi connectivity index (χ3n) is 2.66. The van der Waals surface area contributed by atoms with Crippen LogP contribution in [0.1, 0.15) is 5.56 Å². The van der Waals surface area contributed by atoms with Gasteiger partial charge in [-0.15, -0.1) is 0 Å². The van der Waals surface area contributed by atoms with Gasteiger partial charge in [-0.05, 0) is 33.6 Å². The molecule has 0 unspecified atom stereocenters. The van der Waals surface area contributed by atoms with Gasteiger partial charge in [-0.2, -0.15) is 8.78 Å². The summed E-state index contributed by atoms with van der Waals surface area (Å²) in [4.78, 5) is 11.8. The zero-order valence-corrected chi connectivity index (χ0v) is 13.9. The van der Waals surface area contributed by atoms with E-state index in [0.717, 1.165) is 5.56 Å². The molecule has 2 rings (SSSR count). The maximum atomic E-state index is 12.5. The van der Waals surface area contributed by atoms with Gasteiger partial charge in [0.2, 0.25) is 0 Å². The van der Waals surface area contributed by atoms with E-state index < -0.39 is 12.7 Å². The molecule has 0 atom stereocenters. The zero-order valence-electron chi connectivity index (χ0n) is 11.6. The van der Waals surface area contributed by atoms with Gasteiger partial charge in [0.05, 0.1) is 10.2 Å². The maximum absolute atomic E-state index is 12.5. The van der Waals surface area contributed by atoms with Crippen molar-refractivity contribution >= 4 is 39.3 Å². The average Bonchev–Trinajstić information content (AvgIpc) is 2.49. The molecule has 2 aromatic rings.